The van der Waals surface area contributed by atoms with Crippen LogP contribution in [-0.2, 0) is 27.3 Å². The molecule has 282 valence electrons. The van der Waals surface area contributed by atoms with E-state index < -0.39 is 41.6 Å². The Labute approximate surface area is 303 Å². The lowest BCUT2D eigenvalue weighted by Gasteiger charge is -2.36. The second-order valence-corrected chi connectivity index (χ2v) is 15.1. The number of alkyl carbamates (subject to hydrolysis) is 1. The van der Waals surface area contributed by atoms with Crippen molar-refractivity contribution in [1.29, 1.82) is 0 Å². The van der Waals surface area contributed by atoms with Gasteiger partial charge in [-0.05, 0) is 48.3 Å². The highest BCUT2D eigenvalue weighted by molar-refractivity contribution is 5.88. The molecule has 1 fully saturated rings. The third-order valence-corrected chi connectivity index (χ3v) is 9.14. The number of carbonyl (C=O) groups is 4. The summed E-state index contributed by atoms with van der Waals surface area (Å²) in [4.78, 5) is 61.6. The summed E-state index contributed by atoms with van der Waals surface area (Å²) in [5.74, 6) is -0.856. The normalized spacial score (nSPS) is 16.4. The van der Waals surface area contributed by atoms with Gasteiger partial charge in [0.2, 0.25) is 5.91 Å². The molecule has 5 atom stereocenters. The molecule has 1 aromatic carbocycles. The SMILES string of the molecule is CCC(C)C(C(=O)NC(Cc1ccccc1)C(O)CN(CC(C)C)NC(=O)C(NC(=O)OC)C(C)(C)C)N1CCN(Cc2cccc(C)n2)C1=O. The number of aryl methyl sites for hydroxylation is 1. The van der Waals surface area contributed by atoms with Crippen molar-refractivity contribution in [1.82, 2.24) is 35.9 Å². The van der Waals surface area contributed by atoms with Crippen molar-refractivity contribution < 1.29 is 29.0 Å². The van der Waals surface area contributed by atoms with Crippen LogP contribution in [0.25, 0.3) is 0 Å². The van der Waals surface area contributed by atoms with E-state index in [4.69, 9.17) is 4.74 Å². The van der Waals surface area contributed by atoms with E-state index in [9.17, 15) is 24.3 Å². The smallest absolute Gasteiger partial charge is 0.407 e. The van der Waals surface area contributed by atoms with Crippen LogP contribution in [0.15, 0.2) is 48.5 Å². The zero-order valence-electron chi connectivity index (χ0n) is 31.8. The van der Waals surface area contributed by atoms with Crippen LogP contribution in [0.2, 0.25) is 0 Å². The average molecular weight is 710 g/mol. The van der Waals surface area contributed by atoms with Gasteiger partial charge in [0.05, 0.1) is 31.5 Å². The van der Waals surface area contributed by atoms with Crippen LogP contribution < -0.4 is 16.1 Å². The summed E-state index contributed by atoms with van der Waals surface area (Å²) in [7, 11) is 1.24. The monoisotopic (exact) mass is 709 g/mol. The molecule has 2 heterocycles. The summed E-state index contributed by atoms with van der Waals surface area (Å²) in [5.41, 5.74) is 4.82. The molecule has 2 aromatic rings. The molecule has 5 unspecified atom stereocenters. The molecule has 1 aliphatic heterocycles. The van der Waals surface area contributed by atoms with Gasteiger partial charge in [-0.2, -0.15) is 0 Å². The Morgan fingerprint density at radius 2 is 1.67 bits per heavy atom. The molecule has 1 aromatic heterocycles. The van der Waals surface area contributed by atoms with Crippen LogP contribution in [0.4, 0.5) is 9.59 Å². The molecule has 0 bridgehead atoms. The van der Waals surface area contributed by atoms with Crippen LogP contribution in [0.1, 0.15) is 71.8 Å². The van der Waals surface area contributed by atoms with Gasteiger partial charge < -0.3 is 30.3 Å². The van der Waals surface area contributed by atoms with E-state index in [0.717, 1.165) is 17.0 Å². The summed E-state index contributed by atoms with van der Waals surface area (Å²) in [6, 6.07) is 12.6. The third-order valence-electron chi connectivity index (χ3n) is 9.14. The minimum absolute atomic E-state index is 0.00923. The van der Waals surface area contributed by atoms with Crippen molar-refractivity contribution in [3.05, 3.63) is 65.5 Å². The topological polar surface area (TPSA) is 156 Å². The van der Waals surface area contributed by atoms with Gasteiger partial charge in [0, 0.05) is 31.9 Å². The molecule has 0 radical (unpaired) electrons. The Bertz CT molecular complexity index is 1450. The lowest BCUT2D eigenvalue weighted by molar-refractivity contribution is -0.132. The fourth-order valence-electron chi connectivity index (χ4n) is 6.27. The highest BCUT2D eigenvalue weighted by atomic mass is 16.5. The number of benzene rings is 1. The highest BCUT2D eigenvalue weighted by Crippen LogP contribution is 2.23. The molecule has 4 N–H and O–H groups in total. The number of hydrogen-bond acceptors (Lipinski definition) is 8. The summed E-state index contributed by atoms with van der Waals surface area (Å²) in [5, 5.41) is 19.2. The van der Waals surface area contributed by atoms with E-state index in [2.05, 4.69) is 21.0 Å². The number of ether oxygens (including phenoxy) is 1. The number of carbonyl (C=O) groups excluding carboxylic acids is 4. The first-order valence-corrected chi connectivity index (χ1v) is 17.9. The summed E-state index contributed by atoms with van der Waals surface area (Å²) in [6.07, 6.45) is -0.868. The Morgan fingerprint density at radius 1 is 0.980 bits per heavy atom. The molecule has 13 nitrogen and oxygen atoms in total. The second kappa shape index (κ2) is 18.8. The van der Waals surface area contributed by atoms with Crippen LogP contribution in [0.3, 0.4) is 0 Å². The van der Waals surface area contributed by atoms with Gasteiger partial charge in [0.1, 0.15) is 12.1 Å². The molecule has 1 aliphatic rings. The van der Waals surface area contributed by atoms with E-state index in [-0.39, 0.29) is 30.3 Å². The minimum atomic E-state index is -1.12. The van der Waals surface area contributed by atoms with E-state index in [0.29, 0.717) is 39.0 Å². The summed E-state index contributed by atoms with van der Waals surface area (Å²) in [6.45, 7) is 16.9. The van der Waals surface area contributed by atoms with Crippen LogP contribution in [-0.4, -0.2) is 106 Å². The maximum atomic E-state index is 14.3. The van der Waals surface area contributed by atoms with Crippen LogP contribution >= 0.6 is 0 Å². The van der Waals surface area contributed by atoms with Gasteiger partial charge in [-0.25, -0.2) is 14.6 Å². The van der Waals surface area contributed by atoms with Crippen molar-refractivity contribution in [2.24, 2.45) is 17.3 Å². The fraction of sp³-hybridized carbons (Fsp3) is 0.605. The number of urea groups is 1. The van der Waals surface area contributed by atoms with Crippen molar-refractivity contribution in [3.63, 3.8) is 0 Å². The van der Waals surface area contributed by atoms with Crippen LogP contribution in [0.5, 0.6) is 0 Å². The molecule has 3 rings (SSSR count). The summed E-state index contributed by atoms with van der Waals surface area (Å²) < 4.78 is 4.76. The van der Waals surface area contributed by atoms with E-state index in [1.54, 1.807) is 14.8 Å². The lowest BCUT2D eigenvalue weighted by Crippen LogP contribution is -2.61. The molecule has 0 spiro atoms. The lowest BCUT2D eigenvalue weighted by atomic mass is 9.86. The maximum absolute atomic E-state index is 14.3. The molecular formula is C38H59N7O6. The number of pyridine rings is 1. The predicted molar refractivity (Wildman–Crippen MR) is 196 cm³/mol. The number of aromatic nitrogens is 1. The van der Waals surface area contributed by atoms with Crippen molar-refractivity contribution in [2.45, 2.75) is 99.0 Å². The first-order chi connectivity index (χ1) is 24.0. The molecule has 51 heavy (non-hydrogen) atoms. The minimum Gasteiger partial charge on any atom is -0.453 e. The summed E-state index contributed by atoms with van der Waals surface area (Å²) >= 11 is 0. The quantitative estimate of drug-likeness (QED) is 0.180. The number of nitrogens with zero attached hydrogens (tertiary/aromatic N) is 4. The zero-order chi connectivity index (χ0) is 37.9. The van der Waals surface area contributed by atoms with Gasteiger partial charge >= 0.3 is 12.1 Å². The predicted octanol–water partition coefficient (Wildman–Crippen LogP) is 3.89. The Morgan fingerprint density at radius 3 is 2.25 bits per heavy atom. The number of methoxy groups -OCH3 is 1. The number of amides is 5. The van der Waals surface area contributed by atoms with Gasteiger partial charge in [0.15, 0.2) is 0 Å². The maximum Gasteiger partial charge on any atom is 0.407 e. The number of hydrogen-bond donors (Lipinski definition) is 4. The van der Waals surface area contributed by atoms with E-state index >= 15 is 0 Å². The Balaban J connectivity index is 1.85. The van der Waals surface area contributed by atoms with Gasteiger partial charge in [-0.15, -0.1) is 0 Å². The van der Waals surface area contributed by atoms with Gasteiger partial charge in [-0.3, -0.25) is 20.0 Å². The Hall–Kier alpha value is -4.23. The average Bonchev–Trinajstić information content (AvgIpc) is 3.41. The molecule has 0 aliphatic carbocycles. The first kappa shape index (κ1) is 41.2. The van der Waals surface area contributed by atoms with Crippen LogP contribution in [0, 0.1) is 24.2 Å². The zero-order valence-corrected chi connectivity index (χ0v) is 31.8. The van der Waals surface area contributed by atoms with Crippen molar-refractivity contribution >= 4 is 23.9 Å². The molecular weight excluding hydrogens is 650 g/mol. The standard InChI is InChI=1S/C38H59N7O6/c1-10-26(4)32(45-20-19-43(37(45)50)23-29-18-14-15-27(5)39-29)34(47)40-30(21-28-16-12-11-13-17-28)31(46)24-44(22-25(2)3)42-35(48)33(38(6,7)8)41-36(49)51-9/h11-18,25-26,30-33,46H,10,19-24H2,1-9H3,(H,40,47)(H,41,49)(H,42,48). The number of rotatable bonds is 17. The second-order valence-electron chi connectivity index (χ2n) is 15.1. The van der Waals surface area contributed by atoms with E-state index in [1.807, 2.05) is 104 Å². The van der Waals surface area contributed by atoms with Crippen molar-refractivity contribution in [3.8, 4) is 0 Å². The molecule has 1 saturated heterocycles. The molecule has 13 heteroatoms. The largest absolute Gasteiger partial charge is 0.453 e. The number of aliphatic hydroxyl groups excluding tert-OH is 1. The number of aliphatic hydroxyl groups is 1. The Kier molecular flexibility index (Phi) is 15.2. The third kappa shape index (κ3) is 12.2. The molecule has 0 saturated carbocycles. The van der Waals surface area contributed by atoms with Gasteiger partial charge in [-0.1, -0.05) is 91.3 Å². The number of hydrazine groups is 1. The van der Waals surface area contributed by atoms with Gasteiger partial charge in [0.25, 0.3) is 5.91 Å². The van der Waals surface area contributed by atoms with Crippen molar-refractivity contribution in [2.75, 3.05) is 33.3 Å². The fourth-order valence-corrected chi connectivity index (χ4v) is 6.27. The molecule has 5 amide bonds. The first-order valence-electron chi connectivity index (χ1n) is 17.9. The van der Waals surface area contributed by atoms with E-state index in [1.165, 1.54) is 7.11 Å². The highest BCUT2D eigenvalue weighted by Gasteiger charge is 2.41. The number of nitrogens with one attached hydrogen (secondary N) is 3.